The van der Waals surface area contributed by atoms with Crippen molar-refractivity contribution in [2.45, 2.75) is 11.1 Å². The Morgan fingerprint density at radius 1 is 1.07 bits per heavy atom. The van der Waals surface area contributed by atoms with E-state index in [9.17, 15) is 36.6 Å². The quantitative estimate of drug-likeness (QED) is 0.506. The van der Waals surface area contributed by atoms with Gasteiger partial charge in [0.25, 0.3) is 15.9 Å². The van der Waals surface area contributed by atoms with Crippen LogP contribution in [-0.2, 0) is 16.2 Å². The maximum absolute atomic E-state index is 12.9. The number of hydrogen-bond donors (Lipinski definition) is 3. The Labute approximate surface area is 170 Å². The fourth-order valence-corrected chi connectivity index (χ4v) is 4.05. The number of alkyl halides is 3. The molecule has 3 aromatic rings. The summed E-state index contributed by atoms with van der Waals surface area (Å²) in [5.41, 5.74) is -1.85. The van der Waals surface area contributed by atoms with Crippen LogP contribution in [0, 0.1) is 0 Å². The number of phenolic OH excluding ortho intramolecular Hbond substituents is 2. The molecule has 3 N–H and O–H groups in total. The minimum atomic E-state index is -4.70. The minimum Gasteiger partial charge on any atom is -0.504 e. The Balaban J connectivity index is 1.98. The third-order valence-corrected chi connectivity index (χ3v) is 5.69. The van der Waals surface area contributed by atoms with Crippen LogP contribution in [0.25, 0.3) is 5.65 Å². The highest BCUT2D eigenvalue weighted by atomic mass is 35.5. The van der Waals surface area contributed by atoms with Crippen molar-refractivity contribution in [2.24, 2.45) is 0 Å². The predicted molar refractivity (Wildman–Crippen MR) is 94.6 cm³/mol. The molecule has 8 nitrogen and oxygen atoms in total. The van der Waals surface area contributed by atoms with E-state index in [1.54, 1.807) is 4.72 Å². The number of fused-ring (bicyclic) bond motifs is 1. The lowest BCUT2D eigenvalue weighted by Gasteiger charge is -2.08. The second-order valence-corrected chi connectivity index (χ2v) is 8.10. The number of nitrogens with zero attached hydrogens (tertiary/aromatic N) is 2. The first-order chi connectivity index (χ1) is 13.3. The molecule has 0 aliphatic heterocycles. The number of nitrogens with one attached hydrogen (secondary N) is 1. The van der Waals surface area contributed by atoms with Crippen LogP contribution in [0.5, 0.6) is 11.5 Å². The summed E-state index contributed by atoms with van der Waals surface area (Å²) in [4.78, 5) is 15.3. The summed E-state index contributed by atoms with van der Waals surface area (Å²) in [6, 6.07) is 1.98. The lowest BCUT2D eigenvalue weighted by atomic mass is 10.3. The molecule has 0 saturated carbocycles. The molecule has 0 spiro atoms. The van der Waals surface area contributed by atoms with E-state index in [2.05, 4.69) is 4.98 Å². The number of carbonyl (C=O) groups excluding carboxylic acids is 1. The molecule has 0 radical (unpaired) electrons. The van der Waals surface area contributed by atoms with Crippen LogP contribution in [-0.4, -0.2) is 33.9 Å². The van der Waals surface area contributed by atoms with Crippen molar-refractivity contribution in [3.63, 3.8) is 0 Å². The van der Waals surface area contributed by atoms with E-state index < -0.39 is 59.8 Å². The first-order valence-corrected chi connectivity index (χ1v) is 9.57. The molecule has 154 valence electrons. The lowest BCUT2D eigenvalue weighted by Crippen LogP contribution is -2.31. The third kappa shape index (κ3) is 4.04. The first kappa shape index (κ1) is 21.0. The van der Waals surface area contributed by atoms with Crippen LogP contribution in [0.1, 0.15) is 16.1 Å². The van der Waals surface area contributed by atoms with Crippen LogP contribution in [0.3, 0.4) is 0 Å². The van der Waals surface area contributed by atoms with Crippen molar-refractivity contribution < 1.29 is 36.6 Å². The Morgan fingerprint density at radius 2 is 1.69 bits per heavy atom. The monoisotopic (exact) mass is 469 g/mol. The van der Waals surface area contributed by atoms with Gasteiger partial charge < -0.3 is 14.6 Å². The van der Waals surface area contributed by atoms with Gasteiger partial charge in [-0.05, 0) is 6.07 Å². The second-order valence-electron chi connectivity index (χ2n) is 5.64. The van der Waals surface area contributed by atoms with Gasteiger partial charge in [0.15, 0.2) is 17.1 Å². The van der Waals surface area contributed by atoms with Gasteiger partial charge in [0.2, 0.25) is 0 Å². The summed E-state index contributed by atoms with van der Waals surface area (Å²) >= 11 is 11.5. The molecule has 0 saturated heterocycles. The van der Waals surface area contributed by atoms with E-state index in [4.69, 9.17) is 23.2 Å². The molecule has 0 aliphatic rings. The summed E-state index contributed by atoms with van der Waals surface area (Å²) in [5.74, 6) is -2.78. The highest BCUT2D eigenvalue weighted by Gasteiger charge is 2.32. The molecule has 0 bridgehead atoms. The largest absolute Gasteiger partial charge is 0.504 e. The van der Waals surface area contributed by atoms with Gasteiger partial charge in [-0.15, -0.1) is 0 Å². The minimum absolute atomic E-state index is 0.206. The molecular formula is C15H8Cl2F3N3O5S. The molecule has 1 amide bonds. The molecule has 0 fully saturated rings. The molecule has 3 rings (SSSR count). The Bertz CT molecular complexity index is 1260. The topological polar surface area (TPSA) is 121 Å². The van der Waals surface area contributed by atoms with Crippen molar-refractivity contribution in [2.75, 3.05) is 0 Å². The van der Waals surface area contributed by atoms with E-state index in [0.29, 0.717) is 18.3 Å². The number of halogens is 5. The van der Waals surface area contributed by atoms with Crippen molar-refractivity contribution in [3.05, 3.63) is 51.9 Å². The summed E-state index contributed by atoms with van der Waals surface area (Å²) in [6.07, 6.45) is -3.21. The van der Waals surface area contributed by atoms with Gasteiger partial charge in [-0.1, -0.05) is 23.2 Å². The summed E-state index contributed by atoms with van der Waals surface area (Å²) in [6.45, 7) is 0. The highest BCUT2D eigenvalue weighted by molar-refractivity contribution is 7.90. The van der Waals surface area contributed by atoms with Gasteiger partial charge in [-0.2, -0.15) is 13.2 Å². The van der Waals surface area contributed by atoms with Gasteiger partial charge in [0, 0.05) is 24.5 Å². The van der Waals surface area contributed by atoms with Gasteiger partial charge >= 0.3 is 6.18 Å². The average Bonchev–Trinajstić information content (AvgIpc) is 3.02. The maximum atomic E-state index is 12.9. The number of pyridine rings is 1. The number of phenols is 2. The zero-order valence-corrected chi connectivity index (χ0v) is 16.0. The van der Waals surface area contributed by atoms with E-state index in [-0.39, 0.29) is 5.65 Å². The number of carbonyl (C=O) groups is 1. The maximum Gasteiger partial charge on any atom is 0.417 e. The van der Waals surface area contributed by atoms with Crippen LogP contribution in [0.4, 0.5) is 13.2 Å². The Morgan fingerprint density at radius 3 is 2.31 bits per heavy atom. The second kappa shape index (κ2) is 6.97. The van der Waals surface area contributed by atoms with Crippen LogP contribution < -0.4 is 4.72 Å². The van der Waals surface area contributed by atoms with Crippen molar-refractivity contribution in [1.29, 1.82) is 0 Å². The number of aromatic nitrogens is 2. The zero-order valence-electron chi connectivity index (χ0n) is 13.7. The van der Waals surface area contributed by atoms with Crippen LogP contribution >= 0.6 is 23.2 Å². The van der Waals surface area contributed by atoms with Crippen LogP contribution in [0.15, 0.2) is 35.5 Å². The van der Waals surface area contributed by atoms with Gasteiger partial charge in [0.1, 0.15) is 10.6 Å². The molecule has 1 aromatic carbocycles. The lowest BCUT2D eigenvalue weighted by molar-refractivity contribution is -0.137. The highest BCUT2D eigenvalue weighted by Crippen LogP contribution is 2.34. The Hall–Kier alpha value is -2.70. The zero-order chi connectivity index (χ0) is 21.7. The Kier molecular flexibility index (Phi) is 5.05. The molecule has 0 unspecified atom stereocenters. The van der Waals surface area contributed by atoms with Crippen molar-refractivity contribution in [3.8, 4) is 11.5 Å². The number of aromatic hydroxyl groups is 2. The molecule has 0 aliphatic carbocycles. The van der Waals surface area contributed by atoms with E-state index >= 15 is 0 Å². The van der Waals surface area contributed by atoms with E-state index in [0.717, 1.165) is 16.7 Å². The summed E-state index contributed by atoms with van der Waals surface area (Å²) in [5, 5.41) is 17.9. The van der Waals surface area contributed by atoms with E-state index in [1.807, 2.05) is 0 Å². The smallest absolute Gasteiger partial charge is 0.417 e. The van der Waals surface area contributed by atoms with Gasteiger partial charge in [-0.25, -0.2) is 18.1 Å². The standard InChI is InChI=1S/C15H8Cl2F3N3O5S/c16-7-2-10(24)11(25)3-12(7)29(27,28)22-14(26)9-5-23-4-6(15(18,19)20)1-8(17)13(23)21-9/h1-5,24-25H,(H,22,26). The summed E-state index contributed by atoms with van der Waals surface area (Å²) < 4.78 is 65.7. The van der Waals surface area contributed by atoms with Gasteiger partial charge in [-0.3, -0.25) is 4.79 Å². The molecule has 14 heteroatoms. The molecule has 0 atom stereocenters. The number of hydrogen-bond acceptors (Lipinski definition) is 6. The number of sulfonamides is 1. The average molecular weight is 470 g/mol. The molecule has 2 aromatic heterocycles. The summed E-state index contributed by atoms with van der Waals surface area (Å²) in [7, 11) is -4.62. The SMILES string of the molecule is O=C(NS(=O)(=O)c1cc(O)c(O)cc1Cl)c1cn2cc(C(F)(F)F)cc(Cl)c2n1. The number of imidazole rings is 1. The molecular weight excluding hydrogens is 462 g/mol. The normalized spacial score (nSPS) is 12.3. The molecule has 2 heterocycles. The number of benzene rings is 1. The van der Waals surface area contributed by atoms with Gasteiger partial charge in [0.05, 0.1) is 15.6 Å². The molecule has 29 heavy (non-hydrogen) atoms. The van der Waals surface area contributed by atoms with Crippen molar-refractivity contribution >= 4 is 44.8 Å². The fourth-order valence-electron chi connectivity index (χ4n) is 2.29. The number of amides is 1. The van der Waals surface area contributed by atoms with Crippen LogP contribution in [0.2, 0.25) is 10.0 Å². The number of rotatable bonds is 3. The van der Waals surface area contributed by atoms with Crippen molar-refractivity contribution in [1.82, 2.24) is 14.1 Å². The van der Waals surface area contributed by atoms with E-state index in [1.165, 1.54) is 0 Å². The first-order valence-electron chi connectivity index (χ1n) is 7.33. The third-order valence-electron chi connectivity index (χ3n) is 3.61. The predicted octanol–water partition coefficient (Wildman–Crippen LogP) is 3.19. The fraction of sp³-hybridized carbons (Fsp3) is 0.0667.